The van der Waals surface area contributed by atoms with Crippen LogP contribution in [0.5, 0.6) is 0 Å². The zero-order valence-electron chi connectivity index (χ0n) is 16.1. The third kappa shape index (κ3) is 3.47. The lowest BCUT2D eigenvalue weighted by Gasteiger charge is -2.35. The van der Waals surface area contributed by atoms with E-state index in [2.05, 4.69) is 46.4 Å². The van der Waals surface area contributed by atoms with Gasteiger partial charge in [-0.25, -0.2) is 4.98 Å². The number of aromatic amines is 1. The first-order valence-electron chi connectivity index (χ1n) is 9.79. The Hall–Kier alpha value is -3.24. The number of nitrogens with one attached hydrogen (secondary N) is 1. The summed E-state index contributed by atoms with van der Waals surface area (Å²) in [5, 5.41) is 9.35. The molecule has 0 amide bonds. The number of halogens is 1. The van der Waals surface area contributed by atoms with Crippen LogP contribution in [0.3, 0.4) is 0 Å². The molecule has 146 valence electrons. The van der Waals surface area contributed by atoms with Crippen LogP contribution in [-0.4, -0.2) is 21.7 Å². The van der Waals surface area contributed by atoms with Crippen molar-refractivity contribution in [1.82, 2.24) is 9.97 Å². The fourth-order valence-corrected chi connectivity index (χ4v) is 4.10. The van der Waals surface area contributed by atoms with Gasteiger partial charge in [-0.05, 0) is 29.5 Å². The molecular formula is C25H23FN2O. The smallest absolute Gasteiger partial charge is 0.287 e. The van der Waals surface area contributed by atoms with Crippen molar-refractivity contribution in [3.63, 3.8) is 0 Å². The highest BCUT2D eigenvalue weighted by Crippen LogP contribution is 2.45. The van der Waals surface area contributed by atoms with Gasteiger partial charge >= 0.3 is 0 Å². The standard InChI is InChI=1S/C25H23FN2O/c26-24-27-22(17-10-18-29)23(28-24)25(19-11-4-1-5-12-19,20-13-6-2-7-14-20)21-15-8-3-9-16-21/h1-9,11-16,29H,10,17-18H2,(H,27,28). The van der Waals surface area contributed by atoms with Crippen molar-refractivity contribution in [2.45, 2.75) is 18.3 Å². The number of aryl methyl sites for hydroxylation is 1. The highest BCUT2D eigenvalue weighted by atomic mass is 19.1. The Labute approximate surface area is 169 Å². The van der Waals surface area contributed by atoms with Gasteiger partial charge in [0.2, 0.25) is 0 Å². The lowest BCUT2D eigenvalue weighted by Crippen LogP contribution is -2.32. The molecule has 29 heavy (non-hydrogen) atoms. The molecule has 0 aliphatic carbocycles. The first kappa shape index (κ1) is 19.1. The van der Waals surface area contributed by atoms with E-state index in [1.54, 1.807) is 0 Å². The Morgan fingerprint density at radius 1 is 0.759 bits per heavy atom. The maximum atomic E-state index is 14.5. The summed E-state index contributed by atoms with van der Waals surface area (Å²) in [6.07, 6.45) is 0.431. The topological polar surface area (TPSA) is 48.9 Å². The van der Waals surface area contributed by atoms with Gasteiger partial charge in [0.15, 0.2) is 0 Å². The number of hydrogen-bond acceptors (Lipinski definition) is 2. The van der Waals surface area contributed by atoms with E-state index in [9.17, 15) is 9.50 Å². The second kappa shape index (κ2) is 8.41. The van der Waals surface area contributed by atoms with Crippen LogP contribution < -0.4 is 0 Å². The highest BCUT2D eigenvalue weighted by Gasteiger charge is 2.42. The number of rotatable bonds is 7. The van der Waals surface area contributed by atoms with Gasteiger partial charge in [-0.1, -0.05) is 91.0 Å². The minimum Gasteiger partial charge on any atom is -0.396 e. The Balaban J connectivity index is 2.10. The van der Waals surface area contributed by atoms with Crippen molar-refractivity contribution in [2.75, 3.05) is 6.61 Å². The molecule has 0 saturated carbocycles. The van der Waals surface area contributed by atoms with E-state index in [0.717, 1.165) is 16.7 Å². The van der Waals surface area contributed by atoms with Crippen molar-refractivity contribution >= 4 is 0 Å². The van der Waals surface area contributed by atoms with Crippen LogP contribution in [0.15, 0.2) is 91.0 Å². The van der Waals surface area contributed by atoms with E-state index in [1.165, 1.54) is 0 Å². The minimum absolute atomic E-state index is 0.0368. The number of hydrogen-bond donors (Lipinski definition) is 2. The zero-order valence-corrected chi connectivity index (χ0v) is 16.1. The first-order valence-corrected chi connectivity index (χ1v) is 9.79. The number of benzene rings is 3. The van der Waals surface area contributed by atoms with Gasteiger partial charge in [0, 0.05) is 12.3 Å². The molecule has 4 heteroatoms. The third-order valence-corrected chi connectivity index (χ3v) is 5.31. The van der Waals surface area contributed by atoms with E-state index in [-0.39, 0.29) is 6.61 Å². The van der Waals surface area contributed by atoms with Crippen molar-refractivity contribution in [3.8, 4) is 0 Å². The summed E-state index contributed by atoms with van der Waals surface area (Å²) in [5.74, 6) is 0. The van der Waals surface area contributed by atoms with Gasteiger partial charge in [-0.15, -0.1) is 0 Å². The maximum Gasteiger partial charge on any atom is 0.287 e. The zero-order chi connectivity index (χ0) is 20.1. The second-order valence-electron chi connectivity index (χ2n) is 7.03. The molecule has 0 spiro atoms. The second-order valence-corrected chi connectivity index (χ2v) is 7.03. The fraction of sp³-hybridized carbons (Fsp3) is 0.160. The Kier molecular flexibility index (Phi) is 5.54. The molecule has 1 aromatic heterocycles. The first-order chi connectivity index (χ1) is 14.3. The molecule has 4 aromatic rings. The quantitative estimate of drug-likeness (QED) is 0.446. The largest absolute Gasteiger partial charge is 0.396 e. The van der Waals surface area contributed by atoms with Crippen molar-refractivity contribution in [2.24, 2.45) is 0 Å². The molecule has 0 bridgehead atoms. The third-order valence-electron chi connectivity index (χ3n) is 5.31. The van der Waals surface area contributed by atoms with Crippen LogP contribution in [-0.2, 0) is 11.8 Å². The summed E-state index contributed by atoms with van der Waals surface area (Å²) in [6.45, 7) is 0.0368. The van der Waals surface area contributed by atoms with Crippen LogP contribution in [0.25, 0.3) is 0 Å². The van der Waals surface area contributed by atoms with Crippen LogP contribution in [0.2, 0.25) is 0 Å². The molecule has 0 aliphatic heterocycles. The Morgan fingerprint density at radius 2 is 1.21 bits per heavy atom. The molecular weight excluding hydrogens is 363 g/mol. The van der Waals surface area contributed by atoms with Crippen LogP contribution in [0, 0.1) is 6.08 Å². The lowest BCUT2D eigenvalue weighted by atomic mass is 9.66. The summed E-state index contributed by atoms with van der Waals surface area (Å²) in [6, 6.07) is 30.2. The average molecular weight is 386 g/mol. The van der Waals surface area contributed by atoms with Crippen LogP contribution >= 0.6 is 0 Å². The van der Waals surface area contributed by atoms with Gasteiger partial charge < -0.3 is 10.1 Å². The SMILES string of the molecule is OCCCc1[nH]c(F)nc1C(c1ccccc1)(c1ccccc1)c1ccccc1. The van der Waals surface area contributed by atoms with Crippen molar-refractivity contribution in [3.05, 3.63) is 125 Å². The van der Waals surface area contributed by atoms with Gasteiger partial charge in [0.25, 0.3) is 6.08 Å². The fourth-order valence-electron chi connectivity index (χ4n) is 4.10. The number of aromatic nitrogens is 2. The highest BCUT2D eigenvalue weighted by molar-refractivity contribution is 5.58. The van der Waals surface area contributed by atoms with E-state index < -0.39 is 11.5 Å². The minimum atomic E-state index is -0.782. The summed E-state index contributed by atoms with van der Waals surface area (Å²) in [4.78, 5) is 7.17. The van der Waals surface area contributed by atoms with E-state index in [0.29, 0.717) is 24.2 Å². The molecule has 0 fully saturated rings. The molecule has 0 atom stereocenters. The van der Waals surface area contributed by atoms with Crippen molar-refractivity contribution in [1.29, 1.82) is 0 Å². The Morgan fingerprint density at radius 3 is 1.62 bits per heavy atom. The predicted octanol–water partition coefficient (Wildman–Crippen LogP) is 4.86. The molecule has 3 nitrogen and oxygen atoms in total. The molecule has 4 rings (SSSR count). The van der Waals surface area contributed by atoms with Crippen molar-refractivity contribution < 1.29 is 9.50 Å². The number of aliphatic hydroxyl groups is 1. The van der Waals surface area contributed by atoms with Gasteiger partial charge in [0.1, 0.15) is 0 Å². The molecule has 0 saturated heterocycles. The van der Waals surface area contributed by atoms with E-state index in [4.69, 9.17) is 0 Å². The monoisotopic (exact) mass is 386 g/mol. The van der Waals surface area contributed by atoms with Gasteiger partial charge in [-0.3, -0.25) is 0 Å². The molecule has 3 aromatic carbocycles. The van der Waals surface area contributed by atoms with E-state index >= 15 is 0 Å². The predicted molar refractivity (Wildman–Crippen MR) is 112 cm³/mol. The molecule has 2 N–H and O–H groups in total. The number of H-pyrrole nitrogens is 1. The number of imidazole rings is 1. The number of aliphatic hydroxyl groups excluding tert-OH is 1. The molecule has 1 heterocycles. The molecule has 0 unspecified atom stereocenters. The molecule has 0 radical (unpaired) electrons. The maximum absolute atomic E-state index is 14.5. The summed E-state index contributed by atoms with van der Waals surface area (Å²) in [7, 11) is 0. The summed E-state index contributed by atoms with van der Waals surface area (Å²) in [5.41, 5.74) is 3.58. The van der Waals surface area contributed by atoms with Gasteiger partial charge in [-0.2, -0.15) is 4.39 Å². The van der Waals surface area contributed by atoms with Gasteiger partial charge in [0.05, 0.1) is 11.1 Å². The van der Waals surface area contributed by atoms with Crippen LogP contribution in [0.1, 0.15) is 34.5 Å². The van der Waals surface area contributed by atoms with Crippen LogP contribution in [0.4, 0.5) is 4.39 Å². The Bertz CT molecular complexity index is 949. The number of nitrogens with zero attached hydrogens (tertiary/aromatic N) is 1. The normalized spacial score (nSPS) is 11.5. The summed E-state index contributed by atoms with van der Waals surface area (Å²) < 4.78 is 14.5. The lowest BCUT2D eigenvalue weighted by molar-refractivity contribution is 0.288. The average Bonchev–Trinajstić information content (AvgIpc) is 3.16. The molecule has 0 aliphatic rings. The van der Waals surface area contributed by atoms with E-state index in [1.807, 2.05) is 54.6 Å². The summed E-state index contributed by atoms with van der Waals surface area (Å²) >= 11 is 0.